The van der Waals surface area contributed by atoms with Gasteiger partial charge in [-0.15, -0.1) is 12.6 Å². The van der Waals surface area contributed by atoms with Crippen molar-refractivity contribution in [1.29, 1.82) is 0 Å². The molecule has 0 aliphatic rings. The molecule has 1 rings (SSSR count). The highest BCUT2D eigenvalue weighted by molar-refractivity contribution is 7.80. The number of nitro benzene ring substituents is 1. The lowest BCUT2D eigenvalue weighted by Gasteiger charge is -2.07. The Bertz CT molecular complexity index is 393. The highest BCUT2D eigenvalue weighted by Crippen LogP contribution is 2.43. The first-order valence-electron chi connectivity index (χ1n) is 3.38. The summed E-state index contributed by atoms with van der Waals surface area (Å²) in [5, 5.41) is 10.7. The maximum Gasteiger partial charge on any atom is 0.304 e. The summed E-state index contributed by atoms with van der Waals surface area (Å²) in [7, 11) is 0. The fourth-order valence-electron chi connectivity index (χ4n) is 0.917. The Morgan fingerprint density at radius 1 is 1.21 bits per heavy atom. The van der Waals surface area contributed by atoms with Crippen molar-refractivity contribution < 1.29 is 4.92 Å². The molecule has 3 nitrogen and oxygen atoms in total. The van der Waals surface area contributed by atoms with Gasteiger partial charge in [-0.1, -0.05) is 34.8 Å². The molecule has 0 spiro atoms. The lowest BCUT2D eigenvalue weighted by Crippen LogP contribution is -1.94. The number of benzene rings is 1. The zero-order valence-electron chi connectivity index (χ0n) is 6.84. The number of rotatable bonds is 1. The fraction of sp³-hybridized carbons (Fsp3) is 0.143. The zero-order valence-corrected chi connectivity index (χ0v) is 10.0. The first-order valence-corrected chi connectivity index (χ1v) is 4.96. The molecule has 0 N–H and O–H groups in total. The van der Waals surface area contributed by atoms with Crippen LogP contribution in [0, 0.1) is 17.0 Å². The summed E-state index contributed by atoms with van der Waals surface area (Å²) in [4.78, 5) is 9.98. The summed E-state index contributed by atoms with van der Waals surface area (Å²) in [6.07, 6.45) is 0. The summed E-state index contributed by atoms with van der Waals surface area (Å²) in [5.41, 5.74) is 0.115. The lowest BCUT2D eigenvalue weighted by molar-refractivity contribution is -0.387. The van der Waals surface area contributed by atoms with Crippen LogP contribution in [0.25, 0.3) is 0 Å². The van der Waals surface area contributed by atoms with Gasteiger partial charge in [0.1, 0.15) is 9.92 Å². The third-order valence-corrected chi connectivity index (χ3v) is 3.65. The van der Waals surface area contributed by atoms with E-state index in [9.17, 15) is 10.1 Å². The topological polar surface area (TPSA) is 43.1 Å². The Morgan fingerprint density at radius 2 is 1.71 bits per heavy atom. The highest BCUT2D eigenvalue weighted by atomic mass is 35.5. The van der Waals surface area contributed by atoms with E-state index in [0.717, 1.165) is 0 Å². The predicted molar refractivity (Wildman–Crippen MR) is 60.1 cm³/mol. The van der Waals surface area contributed by atoms with Crippen molar-refractivity contribution in [2.75, 3.05) is 0 Å². The standard InChI is InChI=1S/C7H4Cl3NO2S/c1-2-3(8)5(10)6(11(12)13)7(14)4(2)9/h14H,1H3. The Balaban J connectivity index is 3.68. The Labute approximate surface area is 101 Å². The smallest absolute Gasteiger partial charge is 0.258 e. The molecule has 0 atom stereocenters. The van der Waals surface area contributed by atoms with Crippen molar-refractivity contribution in [3.05, 3.63) is 30.7 Å². The molecule has 14 heavy (non-hydrogen) atoms. The van der Waals surface area contributed by atoms with Crippen LogP contribution in [0.4, 0.5) is 5.69 Å². The number of nitrogens with zero attached hydrogens (tertiary/aromatic N) is 1. The highest BCUT2D eigenvalue weighted by Gasteiger charge is 2.25. The molecule has 0 fully saturated rings. The fourth-order valence-corrected chi connectivity index (χ4v) is 2.07. The molecular formula is C7H4Cl3NO2S. The van der Waals surface area contributed by atoms with Crippen molar-refractivity contribution in [3.63, 3.8) is 0 Å². The third-order valence-electron chi connectivity index (χ3n) is 1.67. The quantitative estimate of drug-likeness (QED) is 0.361. The van der Waals surface area contributed by atoms with E-state index >= 15 is 0 Å². The molecule has 1 aromatic rings. The van der Waals surface area contributed by atoms with Crippen LogP contribution in [0.1, 0.15) is 5.56 Å². The summed E-state index contributed by atoms with van der Waals surface area (Å²) < 4.78 is 0. The van der Waals surface area contributed by atoms with Crippen LogP contribution in [-0.2, 0) is 0 Å². The minimum absolute atomic E-state index is 0.0311. The van der Waals surface area contributed by atoms with Crippen LogP contribution < -0.4 is 0 Å². The van der Waals surface area contributed by atoms with Crippen molar-refractivity contribution in [1.82, 2.24) is 0 Å². The molecule has 1 aromatic carbocycles. The van der Waals surface area contributed by atoms with Crippen LogP contribution in [0.3, 0.4) is 0 Å². The lowest BCUT2D eigenvalue weighted by atomic mass is 10.2. The van der Waals surface area contributed by atoms with E-state index in [1.165, 1.54) is 0 Å². The second-order valence-electron chi connectivity index (χ2n) is 2.52. The monoisotopic (exact) mass is 271 g/mol. The molecule has 7 heteroatoms. The van der Waals surface area contributed by atoms with E-state index < -0.39 is 4.92 Å². The Hall–Kier alpha value is -0.160. The van der Waals surface area contributed by atoms with Crippen LogP contribution >= 0.6 is 47.4 Å². The minimum atomic E-state index is -0.665. The normalized spacial score (nSPS) is 10.4. The SMILES string of the molecule is Cc1c(Cl)c(S)c([N+](=O)[O-])c(Cl)c1Cl. The van der Waals surface area contributed by atoms with Gasteiger partial charge in [-0.2, -0.15) is 0 Å². The van der Waals surface area contributed by atoms with E-state index in [2.05, 4.69) is 12.6 Å². The van der Waals surface area contributed by atoms with Crippen molar-refractivity contribution in [3.8, 4) is 0 Å². The Morgan fingerprint density at radius 3 is 2.14 bits per heavy atom. The second-order valence-corrected chi connectivity index (χ2v) is 4.10. The van der Waals surface area contributed by atoms with E-state index in [-0.39, 0.29) is 25.7 Å². The maximum atomic E-state index is 10.6. The number of thiol groups is 1. The molecular weight excluding hydrogens is 269 g/mol. The number of hydrogen-bond donors (Lipinski definition) is 1. The largest absolute Gasteiger partial charge is 0.304 e. The van der Waals surface area contributed by atoms with Gasteiger partial charge in [0.15, 0.2) is 0 Å². The number of halogens is 3. The Kier molecular flexibility index (Phi) is 3.53. The van der Waals surface area contributed by atoms with E-state index in [1.807, 2.05) is 0 Å². The second kappa shape index (κ2) is 4.14. The van der Waals surface area contributed by atoms with Crippen molar-refractivity contribution in [2.45, 2.75) is 11.8 Å². The summed E-state index contributed by atoms with van der Waals surface area (Å²) >= 11 is 21.1. The van der Waals surface area contributed by atoms with Crippen LogP contribution in [-0.4, -0.2) is 4.92 Å². The summed E-state index contributed by atoms with van der Waals surface area (Å²) in [5.74, 6) is 0. The van der Waals surface area contributed by atoms with Crippen LogP contribution in [0.5, 0.6) is 0 Å². The number of hydrogen-bond acceptors (Lipinski definition) is 3. The van der Waals surface area contributed by atoms with Gasteiger partial charge in [-0.25, -0.2) is 0 Å². The summed E-state index contributed by atoms with van der Waals surface area (Å²) in [6.45, 7) is 1.61. The van der Waals surface area contributed by atoms with Gasteiger partial charge in [-0.3, -0.25) is 10.1 Å². The average molecular weight is 273 g/mol. The molecule has 0 heterocycles. The van der Waals surface area contributed by atoms with E-state index in [0.29, 0.717) is 5.56 Å². The minimum Gasteiger partial charge on any atom is -0.258 e. The maximum absolute atomic E-state index is 10.6. The summed E-state index contributed by atoms with van der Waals surface area (Å²) in [6, 6.07) is 0. The van der Waals surface area contributed by atoms with Gasteiger partial charge in [0, 0.05) is 0 Å². The van der Waals surface area contributed by atoms with Crippen molar-refractivity contribution >= 4 is 53.1 Å². The predicted octanol–water partition coefficient (Wildman–Crippen LogP) is 4.15. The van der Waals surface area contributed by atoms with Gasteiger partial charge in [0.05, 0.1) is 15.0 Å². The first kappa shape index (κ1) is 11.9. The molecule has 0 aliphatic carbocycles. The third kappa shape index (κ3) is 1.80. The first-order chi connectivity index (χ1) is 6.37. The van der Waals surface area contributed by atoms with Gasteiger partial charge in [-0.05, 0) is 12.5 Å². The molecule has 0 radical (unpaired) electrons. The zero-order chi connectivity index (χ0) is 11.0. The molecule has 0 saturated heterocycles. The molecule has 0 bridgehead atoms. The van der Waals surface area contributed by atoms with E-state index in [1.54, 1.807) is 6.92 Å². The van der Waals surface area contributed by atoms with Gasteiger partial charge >= 0.3 is 5.69 Å². The molecule has 0 saturated carbocycles. The van der Waals surface area contributed by atoms with Gasteiger partial charge < -0.3 is 0 Å². The van der Waals surface area contributed by atoms with Crippen LogP contribution in [0.15, 0.2) is 4.90 Å². The molecule has 0 amide bonds. The van der Waals surface area contributed by atoms with Crippen molar-refractivity contribution in [2.24, 2.45) is 0 Å². The van der Waals surface area contributed by atoms with Gasteiger partial charge in [0.2, 0.25) is 0 Å². The number of nitro groups is 1. The average Bonchev–Trinajstić information content (AvgIpc) is 2.11. The molecule has 0 aromatic heterocycles. The molecule has 0 unspecified atom stereocenters. The van der Waals surface area contributed by atoms with Gasteiger partial charge in [0.25, 0.3) is 0 Å². The van der Waals surface area contributed by atoms with E-state index in [4.69, 9.17) is 34.8 Å². The van der Waals surface area contributed by atoms with Crippen LogP contribution in [0.2, 0.25) is 15.1 Å². The molecule has 76 valence electrons. The molecule has 0 aliphatic heterocycles.